The number of carbonyl (C=O) groups is 1. The van der Waals surface area contributed by atoms with Crippen molar-refractivity contribution in [3.63, 3.8) is 0 Å². The van der Waals surface area contributed by atoms with E-state index in [9.17, 15) is 19.8 Å². The van der Waals surface area contributed by atoms with Gasteiger partial charge in [0.2, 0.25) is 17.1 Å². The highest BCUT2D eigenvalue weighted by molar-refractivity contribution is 5.77. The number of amides is 1. The molecule has 0 fully saturated rings. The average Bonchev–Trinajstić information content (AvgIpc) is 2.76. The Bertz CT molecular complexity index is 1110. The molecule has 0 radical (unpaired) electrons. The van der Waals surface area contributed by atoms with Gasteiger partial charge in [0, 0.05) is 19.0 Å². The van der Waals surface area contributed by atoms with Crippen LogP contribution >= 0.6 is 0 Å². The van der Waals surface area contributed by atoms with Gasteiger partial charge in [0.05, 0.1) is 13.0 Å². The predicted molar refractivity (Wildman–Crippen MR) is 116 cm³/mol. The van der Waals surface area contributed by atoms with E-state index in [0.717, 1.165) is 5.56 Å². The molecule has 1 aromatic heterocycles. The molecule has 162 valence electrons. The van der Waals surface area contributed by atoms with Crippen LogP contribution in [0.3, 0.4) is 0 Å². The average molecular weight is 423 g/mol. The minimum atomic E-state index is -0.751. The van der Waals surface area contributed by atoms with E-state index in [1.807, 2.05) is 30.3 Å². The first kappa shape index (κ1) is 22.0. The number of aryl methyl sites for hydroxylation is 1. The number of phenolic OH excluding ortho intramolecular Hbond substituents is 1. The van der Waals surface area contributed by atoms with E-state index in [1.165, 1.54) is 19.2 Å². The normalized spacial score (nSPS) is 11.7. The zero-order valence-electron chi connectivity index (χ0n) is 17.4. The van der Waals surface area contributed by atoms with Crippen LogP contribution in [0.5, 0.6) is 17.2 Å². The van der Waals surface area contributed by atoms with Crippen molar-refractivity contribution in [3.05, 3.63) is 87.5 Å². The second-order valence-corrected chi connectivity index (χ2v) is 7.21. The zero-order valence-corrected chi connectivity index (χ0v) is 17.4. The monoisotopic (exact) mass is 423 g/mol. The Morgan fingerprint density at radius 1 is 1.13 bits per heavy atom. The van der Waals surface area contributed by atoms with Crippen LogP contribution in [0.2, 0.25) is 0 Å². The van der Waals surface area contributed by atoms with E-state index in [0.29, 0.717) is 24.3 Å². The maximum Gasteiger partial charge on any atom is 0.227 e. The summed E-state index contributed by atoms with van der Waals surface area (Å²) in [6.45, 7) is 2.04. The van der Waals surface area contributed by atoms with Crippen molar-refractivity contribution in [3.8, 4) is 17.2 Å². The molecule has 1 heterocycles. The van der Waals surface area contributed by atoms with Crippen LogP contribution in [0.4, 0.5) is 0 Å². The number of nitrogens with one attached hydrogen (secondary N) is 1. The lowest BCUT2D eigenvalue weighted by molar-refractivity contribution is -0.121. The number of hydrogen-bond acceptors (Lipinski definition) is 6. The highest BCUT2D eigenvalue weighted by Crippen LogP contribution is 2.37. The van der Waals surface area contributed by atoms with Crippen molar-refractivity contribution < 1.29 is 24.2 Å². The van der Waals surface area contributed by atoms with E-state index >= 15 is 0 Å². The van der Waals surface area contributed by atoms with Crippen molar-refractivity contribution in [1.82, 2.24) is 5.32 Å². The van der Waals surface area contributed by atoms with Crippen molar-refractivity contribution >= 4 is 5.91 Å². The molecular weight excluding hydrogens is 398 g/mol. The number of ether oxygens (including phenoxy) is 1. The van der Waals surface area contributed by atoms with E-state index < -0.39 is 17.1 Å². The Hall–Kier alpha value is -3.74. The van der Waals surface area contributed by atoms with E-state index in [4.69, 9.17) is 9.15 Å². The third-order valence-corrected chi connectivity index (χ3v) is 4.96. The summed E-state index contributed by atoms with van der Waals surface area (Å²) in [5.41, 5.74) is 1.07. The number of methoxy groups -OCH3 is 1. The topological polar surface area (TPSA) is 109 Å². The van der Waals surface area contributed by atoms with Gasteiger partial charge in [-0.05, 0) is 36.6 Å². The standard InChI is InChI=1S/C24H25NO6/c1-15-12-20(27)23(29)24(31-15)18(17-8-9-19(26)21(13-17)30-2)14-22(28)25-11-10-16-6-4-3-5-7-16/h3-9,12-13,18,26,29H,10-11,14H2,1-2H3,(H,25,28)/t18-/m1/s1. The van der Waals surface area contributed by atoms with Gasteiger partial charge in [0.25, 0.3) is 0 Å². The number of rotatable bonds is 8. The molecular formula is C24H25NO6. The second-order valence-electron chi connectivity index (χ2n) is 7.21. The summed E-state index contributed by atoms with van der Waals surface area (Å²) in [4.78, 5) is 24.8. The molecule has 3 aromatic rings. The first-order valence-corrected chi connectivity index (χ1v) is 9.90. The SMILES string of the molecule is COc1cc([C@@H](CC(=O)NCCc2ccccc2)c2oc(C)cc(=O)c2O)ccc1O. The number of hydrogen-bond donors (Lipinski definition) is 3. The Kier molecular flexibility index (Phi) is 6.97. The highest BCUT2D eigenvalue weighted by Gasteiger charge is 2.26. The fraction of sp³-hybridized carbons (Fsp3) is 0.250. The first-order chi connectivity index (χ1) is 14.9. The molecule has 0 spiro atoms. The molecule has 1 amide bonds. The van der Waals surface area contributed by atoms with Crippen LogP contribution in [-0.2, 0) is 11.2 Å². The van der Waals surface area contributed by atoms with E-state index in [-0.39, 0.29) is 29.6 Å². The molecule has 0 unspecified atom stereocenters. The molecule has 7 heteroatoms. The summed E-state index contributed by atoms with van der Waals surface area (Å²) < 4.78 is 10.8. The van der Waals surface area contributed by atoms with Gasteiger partial charge in [-0.15, -0.1) is 0 Å². The minimum absolute atomic E-state index is 0.00375. The van der Waals surface area contributed by atoms with Crippen molar-refractivity contribution in [2.24, 2.45) is 0 Å². The lowest BCUT2D eigenvalue weighted by Gasteiger charge is -2.19. The summed E-state index contributed by atoms with van der Waals surface area (Å²) in [7, 11) is 1.41. The summed E-state index contributed by atoms with van der Waals surface area (Å²) in [6.07, 6.45) is 0.609. The van der Waals surface area contributed by atoms with Gasteiger partial charge in [0.1, 0.15) is 5.76 Å². The van der Waals surface area contributed by atoms with Gasteiger partial charge >= 0.3 is 0 Å². The van der Waals surface area contributed by atoms with E-state index in [2.05, 4.69) is 5.32 Å². The minimum Gasteiger partial charge on any atom is -0.504 e. The molecule has 0 bridgehead atoms. The van der Waals surface area contributed by atoms with Crippen LogP contribution < -0.4 is 15.5 Å². The Morgan fingerprint density at radius 2 is 1.87 bits per heavy atom. The molecule has 0 aliphatic heterocycles. The van der Waals surface area contributed by atoms with Crippen LogP contribution in [0.1, 0.15) is 35.0 Å². The number of carbonyl (C=O) groups excluding carboxylic acids is 1. The number of aromatic hydroxyl groups is 2. The predicted octanol–water partition coefficient (Wildman–Crippen LogP) is 3.25. The first-order valence-electron chi connectivity index (χ1n) is 9.90. The molecule has 0 saturated carbocycles. The lowest BCUT2D eigenvalue weighted by Crippen LogP contribution is -2.27. The van der Waals surface area contributed by atoms with Crippen LogP contribution in [0.25, 0.3) is 0 Å². The van der Waals surface area contributed by atoms with Gasteiger partial charge in [0.15, 0.2) is 17.3 Å². The van der Waals surface area contributed by atoms with Gasteiger partial charge in [-0.1, -0.05) is 36.4 Å². The molecule has 3 N–H and O–H groups in total. The van der Waals surface area contributed by atoms with Crippen molar-refractivity contribution in [2.45, 2.75) is 25.7 Å². The summed E-state index contributed by atoms with van der Waals surface area (Å²) in [5, 5.41) is 23.1. The highest BCUT2D eigenvalue weighted by atomic mass is 16.5. The Balaban J connectivity index is 1.86. The molecule has 1 atom stereocenters. The number of phenols is 1. The van der Waals surface area contributed by atoms with Gasteiger partial charge in [-0.25, -0.2) is 0 Å². The Morgan fingerprint density at radius 3 is 2.58 bits per heavy atom. The fourth-order valence-electron chi connectivity index (χ4n) is 3.38. The second kappa shape index (κ2) is 9.84. The molecule has 3 rings (SSSR count). The maximum absolute atomic E-state index is 12.7. The summed E-state index contributed by atoms with van der Waals surface area (Å²) >= 11 is 0. The van der Waals surface area contributed by atoms with Gasteiger partial charge < -0.3 is 24.7 Å². The molecule has 31 heavy (non-hydrogen) atoms. The third-order valence-electron chi connectivity index (χ3n) is 4.96. The maximum atomic E-state index is 12.7. The largest absolute Gasteiger partial charge is 0.504 e. The third kappa shape index (κ3) is 5.45. The molecule has 0 aliphatic rings. The van der Waals surface area contributed by atoms with Gasteiger partial charge in [-0.2, -0.15) is 0 Å². The van der Waals surface area contributed by atoms with E-state index in [1.54, 1.807) is 19.1 Å². The molecule has 2 aromatic carbocycles. The quantitative estimate of drug-likeness (QED) is 0.513. The lowest BCUT2D eigenvalue weighted by atomic mass is 9.91. The molecule has 7 nitrogen and oxygen atoms in total. The smallest absolute Gasteiger partial charge is 0.227 e. The van der Waals surface area contributed by atoms with Gasteiger partial charge in [-0.3, -0.25) is 9.59 Å². The molecule has 0 aliphatic carbocycles. The zero-order chi connectivity index (χ0) is 22.4. The van der Waals surface area contributed by atoms with Crippen LogP contribution in [-0.4, -0.2) is 29.8 Å². The fourth-order valence-corrected chi connectivity index (χ4v) is 3.38. The van der Waals surface area contributed by atoms with Crippen molar-refractivity contribution in [2.75, 3.05) is 13.7 Å². The van der Waals surface area contributed by atoms with Crippen molar-refractivity contribution in [1.29, 1.82) is 0 Å². The van der Waals surface area contributed by atoms with Crippen LogP contribution in [0.15, 0.2) is 63.8 Å². The molecule has 0 saturated heterocycles. The number of benzene rings is 2. The Labute approximate surface area is 179 Å². The summed E-state index contributed by atoms with van der Waals surface area (Å²) in [6, 6.07) is 15.5. The summed E-state index contributed by atoms with van der Waals surface area (Å²) in [5.74, 6) is -1.10. The van der Waals surface area contributed by atoms with Crippen LogP contribution in [0, 0.1) is 6.92 Å².